The van der Waals surface area contributed by atoms with Gasteiger partial charge in [-0.25, -0.2) is 4.79 Å². The summed E-state index contributed by atoms with van der Waals surface area (Å²) >= 11 is 0. The summed E-state index contributed by atoms with van der Waals surface area (Å²) < 4.78 is 4.85. The zero-order valence-electron chi connectivity index (χ0n) is 12.2. The minimum absolute atomic E-state index is 0.307. The van der Waals surface area contributed by atoms with Crippen molar-refractivity contribution in [3.63, 3.8) is 0 Å². The lowest BCUT2D eigenvalue weighted by molar-refractivity contribution is -0.143. The molecule has 1 N–H and O–H groups in total. The number of ether oxygens (including phenoxy) is 1. The van der Waals surface area contributed by atoms with Crippen LogP contribution in [0.25, 0.3) is 10.4 Å². The van der Waals surface area contributed by atoms with Crippen molar-refractivity contribution >= 4 is 5.97 Å². The number of carbonyl (C=O) groups excluding carboxylic acids is 1. The monoisotopic (exact) mass is 288 g/mol. The van der Waals surface area contributed by atoms with Gasteiger partial charge in [-0.3, -0.25) is 0 Å². The molecule has 1 aliphatic carbocycles. The van der Waals surface area contributed by atoms with Gasteiger partial charge in [0.05, 0.1) is 7.11 Å². The van der Waals surface area contributed by atoms with Gasteiger partial charge in [0.25, 0.3) is 0 Å². The second-order valence-electron chi connectivity index (χ2n) is 5.16. The molecular formula is C15H20N4O2. The van der Waals surface area contributed by atoms with E-state index in [0.29, 0.717) is 25.4 Å². The van der Waals surface area contributed by atoms with Gasteiger partial charge >= 0.3 is 5.97 Å². The van der Waals surface area contributed by atoms with Crippen molar-refractivity contribution in [3.8, 4) is 0 Å². The van der Waals surface area contributed by atoms with Gasteiger partial charge in [-0.1, -0.05) is 29.4 Å². The first-order chi connectivity index (χ1) is 10.3. The van der Waals surface area contributed by atoms with E-state index < -0.39 is 6.04 Å². The van der Waals surface area contributed by atoms with Crippen molar-refractivity contribution in [2.45, 2.75) is 31.2 Å². The first-order valence-corrected chi connectivity index (χ1v) is 7.18. The highest BCUT2D eigenvalue weighted by Crippen LogP contribution is 2.40. The molecular weight excluding hydrogens is 268 g/mol. The number of methoxy groups -OCH3 is 1. The lowest BCUT2D eigenvalue weighted by Crippen LogP contribution is -2.30. The zero-order valence-corrected chi connectivity index (χ0v) is 12.2. The van der Waals surface area contributed by atoms with Crippen molar-refractivity contribution in [2.24, 2.45) is 5.11 Å². The third-order valence-corrected chi connectivity index (χ3v) is 3.60. The van der Waals surface area contributed by atoms with Crippen molar-refractivity contribution in [1.29, 1.82) is 0 Å². The van der Waals surface area contributed by atoms with Gasteiger partial charge < -0.3 is 10.1 Å². The largest absolute Gasteiger partial charge is 0.468 e. The van der Waals surface area contributed by atoms with Gasteiger partial charge in [-0.2, -0.15) is 0 Å². The minimum atomic E-state index is -0.477. The summed E-state index contributed by atoms with van der Waals surface area (Å²) in [7, 11) is 1.38. The lowest BCUT2D eigenvalue weighted by atomic mass is 10.0. The molecule has 0 saturated heterocycles. The molecule has 1 unspecified atom stereocenters. The van der Waals surface area contributed by atoms with E-state index in [0.717, 1.165) is 5.56 Å². The Morgan fingerprint density at radius 3 is 2.76 bits per heavy atom. The normalized spacial score (nSPS) is 15.1. The molecule has 0 radical (unpaired) electrons. The molecule has 0 aliphatic heterocycles. The highest BCUT2D eigenvalue weighted by molar-refractivity contribution is 5.77. The molecule has 0 aromatic heterocycles. The maximum atomic E-state index is 11.9. The second-order valence-corrected chi connectivity index (χ2v) is 5.16. The van der Waals surface area contributed by atoms with Crippen molar-refractivity contribution in [1.82, 2.24) is 5.32 Å². The van der Waals surface area contributed by atoms with Crippen LogP contribution in [0.15, 0.2) is 29.4 Å². The number of hydrogen-bond acceptors (Lipinski definition) is 4. The Labute approximate surface area is 124 Å². The van der Waals surface area contributed by atoms with Gasteiger partial charge in [0.1, 0.15) is 6.04 Å². The van der Waals surface area contributed by atoms with E-state index in [1.165, 1.54) is 25.5 Å². The summed E-state index contributed by atoms with van der Waals surface area (Å²) in [5.74, 6) is 0.394. The molecule has 6 nitrogen and oxygen atoms in total. The van der Waals surface area contributed by atoms with Crippen LogP contribution in [-0.4, -0.2) is 26.2 Å². The van der Waals surface area contributed by atoms with E-state index in [4.69, 9.17) is 10.3 Å². The van der Waals surface area contributed by atoms with Crippen LogP contribution >= 0.6 is 0 Å². The first kappa shape index (κ1) is 15.4. The van der Waals surface area contributed by atoms with Crippen LogP contribution in [0.3, 0.4) is 0 Å². The summed E-state index contributed by atoms with van der Waals surface area (Å²) in [6, 6.07) is 7.66. The van der Waals surface area contributed by atoms with Crippen LogP contribution in [0.1, 0.15) is 42.3 Å². The molecule has 1 fully saturated rings. The number of nitrogens with one attached hydrogen (secondary N) is 1. The maximum absolute atomic E-state index is 11.9. The van der Waals surface area contributed by atoms with E-state index in [-0.39, 0.29) is 5.97 Å². The molecule has 2 rings (SSSR count). The summed E-state index contributed by atoms with van der Waals surface area (Å²) in [5.41, 5.74) is 10.5. The molecule has 0 spiro atoms. The molecule has 0 amide bonds. The highest BCUT2D eigenvalue weighted by atomic mass is 16.5. The van der Waals surface area contributed by atoms with Gasteiger partial charge in [0.15, 0.2) is 0 Å². The van der Waals surface area contributed by atoms with Gasteiger partial charge in [0, 0.05) is 11.5 Å². The summed E-state index contributed by atoms with van der Waals surface area (Å²) in [6.45, 7) is 1.00. The lowest BCUT2D eigenvalue weighted by Gasteiger charge is -2.17. The van der Waals surface area contributed by atoms with Crippen molar-refractivity contribution < 1.29 is 9.53 Å². The predicted octanol–water partition coefficient (Wildman–Crippen LogP) is 3.07. The third-order valence-electron chi connectivity index (χ3n) is 3.60. The standard InChI is InChI=1S/C15H20N4O2/c1-21-15(20)14(17-9-2-10-18-19-16)13-7-5-12(6-8-13)11-3-4-11/h5-8,11,14,17H,2-4,9-10H2,1H3. The first-order valence-electron chi connectivity index (χ1n) is 7.18. The topological polar surface area (TPSA) is 87.1 Å². The van der Waals surface area contributed by atoms with Gasteiger partial charge in [-0.05, 0) is 48.4 Å². The van der Waals surface area contributed by atoms with Crippen molar-refractivity contribution in [3.05, 3.63) is 45.8 Å². The summed E-state index contributed by atoms with van der Waals surface area (Å²) in [5, 5.41) is 6.62. The number of carbonyl (C=O) groups is 1. The smallest absolute Gasteiger partial charge is 0.327 e. The summed E-state index contributed by atoms with van der Waals surface area (Å²) in [6.07, 6.45) is 3.20. The number of hydrogen-bond donors (Lipinski definition) is 1. The fraction of sp³-hybridized carbons (Fsp3) is 0.533. The molecule has 0 heterocycles. The van der Waals surface area contributed by atoms with Crippen LogP contribution in [0.4, 0.5) is 0 Å². The quantitative estimate of drug-likeness (QED) is 0.262. The predicted molar refractivity (Wildman–Crippen MR) is 79.8 cm³/mol. The number of benzene rings is 1. The zero-order chi connectivity index (χ0) is 15.1. The van der Waals surface area contributed by atoms with E-state index >= 15 is 0 Å². The second kappa shape index (κ2) is 7.67. The van der Waals surface area contributed by atoms with Gasteiger partial charge in [0.2, 0.25) is 0 Å². The maximum Gasteiger partial charge on any atom is 0.327 e. The molecule has 112 valence electrons. The van der Waals surface area contributed by atoms with Crippen LogP contribution in [0, 0.1) is 0 Å². The number of nitrogens with zero attached hydrogens (tertiary/aromatic N) is 3. The van der Waals surface area contributed by atoms with Crippen LogP contribution < -0.4 is 5.32 Å². The van der Waals surface area contributed by atoms with E-state index in [2.05, 4.69) is 27.5 Å². The average Bonchev–Trinajstić information content (AvgIpc) is 3.35. The van der Waals surface area contributed by atoms with Gasteiger partial charge in [-0.15, -0.1) is 0 Å². The molecule has 1 aromatic rings. The number of rotatable bonds is 8. The van der Waals surface area contributed by atoms with E-state index in [9.17, 15) is 4.79 Å². The molecule has 1 aromatic carbocycles. The highest BCUT2D eigenvalue weighted by Gasteiger charge is 2.25. The Hall–Kier alpha value is -2.04. The van der Waals surface area contributed by atoms with Crippen molar-refractivity contribution in [2.75, 3.05) is 20.2 Å². The SMILES string of the molecule is COC(=O)C(NCCCN=[N+]=[N-])c1ccc(C2CC2)cc1. The van der Waals surface area contributed by atoms with Crippen LogP contribution in [0.2, 0.25) is 0 Å². The molecule has 1 aliphatic rings. The summed E-state index contributed by atoms with van der Waals surface area (Å²) in [4.78, 5) is 14.6. The number of azide groups is 1. The molecule has 6 heteroatoms. The molecule has 21 heavy (non-hydrogen) atoms. The fourth-order valence-electron chi connectivity index (χ4n) is 2.27. The Kier molecular flexibility index (Phi) is 5.60. The van der Waals surface area contributed by atoms with E-state index in [1.54, 1.807) is 0 Å². The molecule has 1 saturated carbocycles. The minimum Gasteiger partial charge on any atom is -0.468 e. The van der Waals surface area contributed by atoms with Crippen LogP contribution in [0.5, 0.6) is 0 Å². The fourth-order valence-corrected chi connectivity index (χ4v) is 2.27. The van der Waals surface area contributed by atoms with Crippen LogP contribution in [-0.2, 0) is 9.53 Å². The molecule has 1 atom stereocenters. The number of esters is 1. The molecule has 0 bridgehead atoms. The third kappa shape index (κ3) is 4.48. The Morgan fingerprint density at radius 1 is 1.48 bits per heavy atom. The average molecular weight is 288 g/mol. The Balaban J connectivity index is 1.97. The van der Waals surface area contributed by atoms with E-state index in [1.807, 2.05) is 12.1 Å². The Bertz CT molecular complexity index is 519. The Morgan fingerprint density at radius 2 is 2.19 bits per heavy atom.